The Labute approximate surface area is 106 Å². The third-order valence-electron chi connectivity index (χ3n) is 3.38. The Kier molecular flexibility index (Phi) is 3.97. The Bertz CT molecular complexity index is 436. The van der Waals surface area contributed by atoms with Gasteiger partial charge in [-0.1, -0.05) is 18.2 Å². The molecule has 0 heterocycles. The lowest BCUT2D eigenvalue weighted by atomic mass is 10.1. The van der Waals surface area contributed by atoms with Crippen LogP contribution < -0.4 is 5.32 Å². The molecule has 0 aromatic heterocycles. The number of carbonyl (C=O) groups excluding carboxylic acids is 1. The maximum absolute atomic E-state index is 13.5. The van der Waals surface area contributed by atoms with Crippen molar-refractivity contribution in [2.24, 2.45) is 5.92 Å². The summed E-state index contributed by atoms with van der Waals surface area (Å²) in [7, 11) is 0. The second-order valence-electron chi connectivity index (χ2n) is 4.89. The van der Waals surface area contributed by atoms with Gasteiger partial charge in [0.15, 0.2) is 0 Å². The minimum atomic E-state index is -0.235. The van der Waals surface area contributed by atoms with E-state index >= 15 is 0 Å². The molecule has 1 amide bonds. The highest BCUT2D eigenvalue weighted by Crippen LogP contribution is 2.48. The standard InChI is InChI=1S/C14H18FNO2/c1-9(6-7-17)16-14(18)12-8-11(12)10-4-2-3-5-13(10)15/h2-5,9,11-12,17H,6-8H2,1H3,(H,16,18). The van der Waals surface area contributed by atoms with Gasteiger partial charge in [0.1, 0.15) is 5.82 Å². The van der Waals surface area contributed by atoms with E-state index in [1.165, 1.54) is 6.07 Å². The minimum absolute atomic E-state index is 0.00697. The van der Waals surface area contributed by atoms with Crippen molar-refractivity contribution >= 4 is 5.91 Å². The van der Waals surface area contributed by atoms with Crippen LogP contribution >= 0.6 is 0 Å². The molecule has 2 N–H and O–H groups in total. The SMILES string of the molecule is CC(CCO)NC(=O)C1CC1c1ccccc1F. The molecule has 1 aliphatic carbocycles. The van der Waals surface area contributed by atoms with Gasteiger partial charge in [-0.25, -0.2) is 4.39 Å². The van der Waals surface area contributed by atoms with Crippen LogP contribution in [-0.2, 0) is 4.79 Å². The van der Waals surface area contributed by atoms with E-state index in [-0.39, 0.29) is 36.2 Å². The first-order valence-corrected chi connectivity index (χ1v) is 6.29. The molecule has 0 saturated heterocycles. The first-order valence-electron chi connectivity index (χ1n) is 6.29. The van der Waals surface area contributed by atoms with Crippen molar-refractivity contribution < 1.29 is 14.3 Å². The zero-order valence-electron chi connectivity index (χ0n) is 10.4. The summed E-state index contributed by atoms with van der Waals surface area (Å²) in [4.78, 5) is 11.9. The van der Waals surface area contributed by atoms with E-state index in [4.69, 9.17) is 5.11 Å². The van der Waals surface area contributed by atoms with Gasteiger partial charge < -0.3 is 10.4 Å². The van der Waals surface area contributed by atoms with E-state index < -0.39 is 0 Å². The van der Waals surface area contributed by atoms with Crippen LogP contribution in [0, 0.1) is 11.7 Å². The van der Waals surface area contributed by atoms with Crippen LogP contribution in [0.1, 0.15) is 31.2 Å². The second kappa shape index (κ2) is 5.48. The first-order chi connectivity index (χ1) is 8.63. The lowest BCUT2D eigenvalue weighted by molar-refractivity contribution is -0.123. The summed E-state index contributed by atoms with van der Waals surface area (Å²) in [5, 5.41) is 11.6. The van der Waals surface area contributed by atoms with Crippen LogP contribution in [0.25, 0.3) is 0 Å². The Morgan fingerprint density at radius 1 is 1.56 bits per heavy atom. The summed E-state index contributed by atoms with van der Waals surface area (Å²) in [6, 6.07) is 6.57. The van der Waals surface area contributed by atoms with E-state index in [2.05, 4.69) is 5.32 Å². The zero-order chi connectivity index (χ0) is 13.1. The smallest absolute Gasteiger partial charge is 0.223 e. The van der Waals surface area contributed by atoms with Crippen molar-refractivity contribution in [2.45, 2.75) is 31.7 Å². The van der Waals surface area contributed by atoms with Gasteiger partial charge >= 0.3 is 0 Å². The fraction of sp³-hybridized carbons (Fsp3) is 0.500. The third kappa shape index (κ3) is 2.88. The molecule has 1 aliphatic rings. The van der Waals surface area contributed by atoms with Crippen LogP contribution in [0.2, 0.25) is 0 Å². The lowest BCUT2D eigenvalue weighted by Crippen LogP contribution is -2.34. The molecule has 4 heteroatoms. The maximum Gasteiger partial charge on any atom is 0.223 e. The molecule has 1 aromatic carbocycles. The number of aliphatic hydroxyl groups excluding tert-OH is 1. The van der Waals surface area contributed by atoms with Gasteiger partial charge in [0.05, 0.1) is 0 Å². The molecule has 18 heavy (non-hydrogen) atoms. The second-order valence-corrected chi connectivity index (χ2v) is 4.89. The van der Waals surface area contributed by atoms with Crippen molar-refractivity contribution in [1.82, 2.24) is 5.32 Å². The van der Waals surface area contributed by atoms with E-state index in [0.29, 0.717) is 18.4 Å². The number of hydrogen-bond donors (Lipinski definition) is 2. The quantitative estimate of drug-likeness (QED) is 0.838. The molecule has 1 saturated carbocycles. The summed E-state index contributed by atoms with van der Waals surface area (Å²) >= 11 is 0. The number of benzene rings is 1. The number of aliphatic hydroxyl groups is 1. The predicted octanol–water partition coefficient (Wildman–Crippen LogP) is 1.82. The molecule has 3 nitrogen and oxygen atoms in total. The number of nitrogens with one attached hydrogen (secondary N) is 1. The number of hydrogen-bond acceptors (Lipinski definition) is 2. The van der Waals surface area contributed by atoms with E-state index in [0.717, 1.165) is 0 Å². The van der Waals surface area contributed by atoms with Gasteiger partial charge in [-0.15, -0.1) is 0 Å². The number of carbonyl (C=O) groups is 1. The Morgan fingerprint density at radius 2 is 2.28 bits per heavy atom. The van der Waals surface area contributed by atoms with Crippen LogP contribution in [0.5, 0.6) is 0 Å². The van der Waals surface area contributed by atoms with Gasteiger partial charge in [-0.3, -0.25) is 4.79 Å². The monoisotopic (exact) mass is 251 g/mol. The lowest BCUT2D eigenvalue weighted by Gasteiger charge is -2.12. The Hall–Kier alpha value is -1.42. The van der Waals surface area contributed by atoms with E-state index in [1.54, 1.807) is 18.2 Å². The molecule has 0 bridgehead atoms. The topological polar surface area (TPSA) is 49.3 Å². The molecule has 0 spiro atoms. The highest BCUT2D eigenvalue weighted by atomic mass is 19.1. The summed E-state index contributed by atoms with van der Waals surface area (Å²) < 4.78 is 13.5. The average Bonchev–Trinajstić information content (AvgIpc) is 3.10. The summed E-state index contributed by atoms with van der Waals surface area (Å²) in [5.74, 6) is -0.388. The number of halogens is 1. The Morgan fingerprint density at radius 3 is 2.94 bits per heavy atom. The molecule has 0 aliphatic heterocycles. The van der Waals surface area contributed by atoms with Crippen LogP contribution in [0.15, 0.2) is 24.3 Å². The largest absolute Gasteiger partial charge is 0.396 e. The molecule has 98 valence electrons. The van der Waals surface area contributed by atoms with Crippen molar-refractivity contribution in [3.05, 3.63) is 35.6 Å². The van der Waals surface area contributed by atoms with Crippen molar-refractivity contribution in [1.29, 1.82) is 0 Å². The van der Waals surface area contributed by atoms with Gasteiger partial charge in [0, 0.05) is 18.6 Å². The molecule has 2 rings (SSSR count). The average molecular weight is 251 g/mol. The molecule has 3 unspecified atom stereocenters. The third-order valence-corrected chi connectivity index (χ3v) is 3.38. The fourth-order valence-corrected chi connectivity index (χ4v) is 2.22. The fourth-order valence-electron chi connectivity index (χ4n) is 2.22. The van der Waals surface area contributed by atoms with Gasteiger partial charge in [0.2, 0.25) is 5.91 Å². The highest BCUT2D eigenvalue weighted by molar-refractivity contribution is 5.83. The summed E-state index contributed by atoms with van der Waals surface area (Å²) in [6.07, 6.45) is 1.25. The van der Waals surface area contributed by atoms with Crippen LogP contribution in [-0.4, -0.2) is 23.7 Å². The van der Waals surface area contributed by atoms with Gasteiger partial charge in [-0.2, -0.15) is 0 Å². The molecular weight excluding hydrogens is 233 g/mol. The first kappa shape index (κ1) is 13.0. The highest BCUT2D eigenvalue weighted by Gasteiger charge is 2.45. The van der Waals surface area contributed by atoms with Crippen LogP contribution in [0.4, 0.5) is 4.39 Å². The van der Waals surface area contributed by atoms with Crippen molar-refractivity contribution in [3.63, 3.8) is 0 Å². The van der Waals surface area contributed by atoms with Crippen LogP contribution in [0.3, 0.4) is 0 Å². The molecule has 3 atom stereocenters. The molecule has 1 fully saturated rings. The van der Waals surface area contributed by atoms with Crippen molar-refractivity contribution in [2.75, 3.05) is 6.61 Å². The van der Waals surface area contributed by atoms with Gasteiger partial charge in [0.25, 0.3) is 0 Å². The van der Waals surface area contributed by atoms with E-state index in [9.17, 15) is 9.18 Å². The minimum Gasteiger partial charge on any atom is -0.396 e. The summed E-state index contributed by atoms with van der Waals surface area (Å²) in [6.45, 7) is 1.91. The Balaban J connectivity index is 1.91. The maximum atomic E-state index is 13.5. The number of rotatable bonds is 5. The van der Waals surface area contributed by atoms with Crippen molar-refractivity contribution in [3.8, 4) is 0 Å². The normalized spacial score (nSPS) is 23.5. The number of amides is 1. The predicted molar refractivity (Wildman–Crippen MR) is 66.6 cm³/mol. The van der Waals surface area contributed by atoms with Gasteiger partial charge in [-0.05, 0) is 37.3 Å². The van der Waals surface area contributed by atoms with E-state index in [1.807, 2.05) is 6.92 Å². The molecular formula is C14H18FNO2. The zero-order valence-corrected chi connectivity index (χ0v) is 10.4. The summed E-state index contributed by atoms with van der Waals surface area (Å²) in [5.41, 5.74) is 0.632. The molecule has 0 radical (unpaired) electrons. The molecule has 1 aromatic rings.